The Morgan fingerprint density at radius 1 is 1.36 bits per heavy atom. The predicted octanol–water partition coefficient (Wildman–Crippen LogP) is 4.00. The predicted molar refractivity (Wildman–Crippen MR) is 59.5 cm³/mol. The highest BCUT2D eigenvalue weighted by Crippen LogP contribution is 2.18. The van der Waals surface area contributed by atoms with E-state index >= 15 is 0 Å². The fourth-order valence-corrected chi connectivity index (χ4v) is 1.71. The second-order valence-corrected chi connectivity index (χ2v) is 4.61. The summed E-state index contributed by atoms with van der Waals surface area (Å²) in [4.78, 5) is 0. The number of benzene rings is 1. The van der Waals surface area contributed by atoms with Crippen molar-refractivity contribution in [1.82, 2.24) is 0 Å². The maximum Gasteiger partial charge on any atom is 0.126 e. The SMILES string of the molecule is Cc1cc(C)c(CCC(C)Cl)c(F)c1. The summed E-state index contributed by atoms with van der Waals surface area (Å²) in [6, 6.07) is 3.60. The third-order valence-corrected chi connectivity index (χ3v) is 2.57. The van der Waals surface area contributed by atoms with Crippen molar-refractivity contribution in [2.75, 3.05) is 0 Å². The van der Waals surface area contributed by atoms with Crippen LogP contribution in [0.4, 0.5) is 4.39 Å². The average Bonchev–Trinajstić information content (AvgIpc) is 2.01. The van der Waals surface area contributed by atoms with Gasteiger partial charge in [0.05, 0.1) is 0 Å². The van der Waals surface area contributed by atoms with Gasteiger partial charge in [-0.05, 0) is 56.4 Å². The molecular formula is C12H16ClF. The lowest BCUT2D eigenvalue weighted by Gasteiger charge is -2.09. The van der Waals surface area contributed by atoms with Gasteiger partial charge >= 0.3 is 0 Å². The summed E-state index contributed by atoms with van der Waals surface area (Å²) in [5, 5.41) is 0.107. The van der Waals surface area contributed by atoms with Gasteiger partial charge < -0.3 is 0 Å². The average molecular weight is 215 g/mol. The minimum absolute atomic E-state index is 0.0974. The van der Waals surface area contributed by atoms with Gasteiger partial charge in [-0.25, -0.2) is 4.39 Å². The van der Waals surface area contributed by atoms with E-state index in [9.17, 15) is 4.39 Å². The molecule has 0 bridgehead atoms. The first kappa shape index (κ1) is 11.5. The summed E-state index contributed by atoms with van der Waals surface area (Å²) in [6.07, 6.45) is 1.55. The molecule has 0 aliphatic carbocycles. The van der Waals surface area contributed by atoms with Crippen LogP contribution in [0.5, 0.6) is 0 Å². The highest BCUT2D eigenvalue weighted by molar-refractivity contribution is 6.20. The second kappa shape index (κ2) is 4.79. The van der Waals surface area contributed by atoms with Crippen LogP contribution in [0.1, 0.15) is 30.0 Å². The van der Waals surface area contributed by atoms with Crippen molar-refractivity contribution in [3.8, 4) is 0 Å². The summed E-state index contributed by atoms with van der Waals surface area (Å²) in [6.45, 7) is 5.79. The Labute approximate surface area is 90.1 Å². The highest BCUT2D eigenvalue weighted by Gasteiger charge is 2.07. The second-order valence-electron chi connectivity index (χ2n) is 3.86. The van der Waals surface area contributed by atoms with Gasteiger partial charge in [-0.15, -0.1) is 11.6 Å². The van der Waals surface area contributed by atoms with E-state index in [1.54, 1.807) is 6.07 Å². The van der Waals surface area contributed by atoms with E-state index in [1.165, 1.54) is 0 Å². The molecule has 1 aromatic rings. The molecule has 0 aliphatic heterocycles. The fraction of sp³-hybridized carbons (Fsp3) is 0.500. The van der Waals surface area contributed by atoms with Crippen LogP contribution >= 0.6 is 11.6 Å². The molecule has 0 N–H and O–H groups in total. The van der Waals surface area contributed by atoms with Crippen molar-refractivity contribution < 1.29 is 4.39 Å². The highest BCUT2D eigenvalue weighted by atomic mass is 35.5. The zero-order chi connectivity index (χ0) is 10.7. The first-order chi connectivity index (χ1) is 6.50. The van der Waals surface area contributed by atoms with Crippen LogP contribution in [-0.2, 0) is 6.42 Å². The molecule has 0 aromatic heterocycles. The fourth-order valence-electron chi connectivity index (χ4n) is 1.61. The van der Waals surface area contributed by atoms with Gasteiger partial charge in [-0.1, -0.05) is 6.07 Å². The summed E-state index contributed by atoms with van der Waals surface area (Å²) < 4.78 is 13.5. The summed E-state index contributed by atoms with van der Waals surface area (Å²) in [5.41, 5.74) is 2.81. The number of rotatable bonds is 3. The topological polar surface area (TPSA) is 0 Å². The molecule has 14 heavy (non-hydrogen) atoms. The van der Waals surface area contributed by atoms with E-state index in [4.69, 9.17) is 11.6 Å². The third-order valence-electron chi connectivity index (χ3n) is 2.35. The Bertz CT molecular complexity index is 295. The van der Waals surface area contributed by atoms with Crippen LogP contribution in [0.15, 0.2) is 12.1 Å². The molecule has 1 unspecified atom stereocenters. The van der Waals surface area contributed by atoms with Crippen LogP contribution in [-0.4, -0.2) is 5.38 Å². The van der Waals surface area contributed by atoms with Crippen LogP contribution < -0.4 is 0 Å². The van der Waals surface area contributed by atoms with Crippen LogP contribution in [0.25, 0.3) is 0 Å². The van der Waals surface area contributed by atoms with Gasteiger partial charge in [0, 0.05) is 5.38 Å². The molecule has 78 valence electrons. The Balaban J connectivity index is 2.86. The molecule has 0 radical (unpaired) electrons. The zero-order valence-electron chi connectivity index (χ0n) is 8.90. The first-order valence-electron chi connectivity index (χ1n) is 4.90. The van der Waals surface area contributed by atoms with Crippen LogP contribution in [0, 0.1) is 19.7 Å². The molecule has 1 rings (SSSR count). The van der Waals surface area contributed by atoms with Gasteiger partial charge in [0.25, 0.3) is 0 Å². The Hall–Kier alpha value is -0.560. The molecule has 1 atom stereocenters. The van der Waals surface area contributed by atoms with Gasteiger partial charge in [0.2, 0.25) is 0 Å². The molecule has 0 spiro atoms. The molecule has 0 aliphatic rings. The van der Waals surface area contributed by atoms with E-state index in [0.29, 0.717) is 0 Å². The minimum atomic E-state index is -0.0974. The Kier molecular flexibility index (Phi) is 3.94. The number of aryl methyl sites for hydroxylation is 2. The molecule has 0 heterocycles. The van der Waals surface area contributed by atoms with Gasteiger partial charge in [-0.2, -0.15) is 0 Å². The minimum Gasteiger partial charge on any atom is -0.207 e. The lowest BCUT2D eigenvalue weighted by Crippen LogP contribution is -2.00. The maximum absolute atomic E-state index is 13.5. The van der Waals surface area contributed by atoms with Crippen LogP contribution in [0.2, 0.25) is 0 Å². The molecule has 1 aromatic carbocycles. The van der Waals surface area contributed by atoms with Crippen molar-refractivity contribution in [2.45, 2.75) is 39.0 Å². The van der Waals surface area contributed by atoms with Crippen molar-refractivity contribution in [2.24, 2.45) is 0 Å². The largest absolute Gasteiger partial charge is 0.207 e. The standard InChI is InChI=1S/C12H16ClF/c1-8-6-9(2)11(12(14)7-8)5-4-10(3)13/h6-7,10H,4-5H2,1-3H3. The number of hydrogen-bond acceptors (Lipinski definition) is 0. The number of alkyl halides is 1. The quantitative estimate of drug-likeness (QED) is 0.668. The van der Waals surface area contributed by atoms with Gasteiger partial charge in [0.1, 0.15) is 5.82 Å². The molecule has 0 amide bonds. The molecule has 2 heteroatoms. The molecule has 0 fully saturated rings. The molecule has 0 saturated heterocycles. The van der Waals surface area contributed by atoms with Crippen molar-refractivity contribution in [3.63, 3.8) is 0 Å². The van der Waals surface area contributed by atoms with E-state index in [0.717, 1.165) is 29.5 Å². The number of halogens is 2. The normalized spacial score (nSPS) is 12.9. The maximum atomic E-state index is 13.5. The molecular weight excluding hydrogens is 199 g/mol. The van der Waals surface area contributed by atoms with E-state index in [-0.39, 0.29) is 11.2 Å². The lowest BCUT2D eigenvalue weighted by atomic mass is 10.0. The van der Waals surface area contributed by atoms with Crippen LogP contribution in [0.3, 0.4) is 0 Å². The van der Waals surface area contributed by atoms with E-state index in [2.05, 4.69) is 0 Å². The summed E-state index contributed by atoms with van der Waals surface area (Å²) >= 11 is 5.84. The van der Waals surface area contributed by atoms with Crippen molar-refractivity contribution in [1.29, 1.82) is 0 Å². The lowest BCUT2D eigenvalue weighted by molar-refractivity contribution is 0.600. The number of hydrogen-bond donors (Lipinski definition) is 0. The zero-order valence-corrected chi connectivity index (χ0v) is 9.66. The van der Waals surface area contributed by atoms with Gasteiger partial charge in [-0.3, -0.25) is 0 Å². The summed E-state index contributed by atoms with van der Waals surface area (Å²) in [7, 11) is 0. The van der Waals surface area contributed by atoms with Crippen molar-refractivity contribution in [3.05, 3.63) is 34.6 Å². The monoisotopic (exact) mass is 214 g/mol. The smallest absolute Gasteiger partial charge is 0.126 e. The van der Waals surface area contributed by atoms with Gasteiger partial charge in [0.15, 0.2) is 0 Å². The molecule has 0 nitrogen and oxygen atoms in total. The third kappa shape index (κ3) is 2.98. The molecule has 0 saturated carbocycles. The van der Waals surface area contributed by atoms with Crippen molar-refractivity contribution >= 4 is 11.6 Å². The summed E-state index contributed by atoms with van der Waals surface area (Å²) in [5.74, 6) is -0.0974. The van der Waals surface area contributed by atoms with E-state index in [1.807, 2.05) is 26.8 Å². The Morgan fingerprint density at radius 2 is 2.00 bits per heavy atom. The first-order valence-corrected chi connectivity index (χ1v) is 5.34. The Morgan fingerprint density at radius 3 is 2.50 bits per heavy atom. The van der Waals surface area contributed by atoms with E-state index < -0.39 is 0 Å².